The highest BCUT2D eigenvalue weighted by molar-refractivity contribution is 7.47. The summed E-state index contributed by atoms with van der Waals surface area (Å²) in [6, 6.07) is 0. The van der Waals surface area contributed by atoms with Gasteiger partial charge in [0, 0.05) is 25.7 Å². The van der Waals surface area contributed by atoms with E-state index in [1.807, 2.05) is 0 Å². The molecule has 0 aromatic carbocycles. The lowest BCUT2D eigenvalue weighted by molar-refractivity contribution is -0.161. The summed E-state index contributed by atoms with van der Waals surface area (Å²) in [5, 5.41) is 10.6. The quantitative estimate of drug-likeness (QED) is 0.0222. The molecule has 558 valence electrons. The van der Waals surface area contributed by atoms with E-state index < -0.39 is 97.5 Å². The summed E-state index contributed by atoms with van der Waals surface area (Å²) < 4.78 is 68.5. The van der Waals surface area contributed by atoms with Crippen molar-refractivity contribution in [3.63, 3.8) is 0 Å². The number of unbranched alkanes of at least 4 members (excludes halogenated alkanes) is 44. The minimum Gasteiger partial charge on any atom is -0.462 e. The van der Waals surface area contributed by atoms with Gasteiger partial charge in [0.2, 0.25) is 0 Å². The van der Waals surface area contributed by atoms with Gasteiger partial charge < -0.3 is 33.8 Å². The van der Waals surface area contributed by atoms with Crippen LogP contribution >= 0.6 is 15.6 Å². The first kappa shape index (κ1) is 92.1. The summed E-state index contributed by atoms with van der Waals surface area (Å²) in [6.45, 7) is 9.53. The molecule has 3 N–H and O–H groups in total. The first-order valence-corrected chi connectivity index (χ1v) is 42.0. The maximum Gasteiger partial charge on any atom is 0.472 e. The van der Waals surface area contributed by atoms with E-state index in [9.17, 15) is 43.2 Å². The largest absolute Gasteiger partial charge is 0.472 e. The standard InChI is InChI=1S/C75H146O17P2/c1-7-9-11-13-15-17-19-21-23-24-26-32-36-40-48-54-60-74(79)91-70(63-85-72(77)57-51-45-38-34-30-28-27-29-33-37-43-49-55-67(3)4)65-89-93(81,82)87-61-69(76)62-88-94(83,84)90-66-71(64-86-73(78)58-52-46-42-41-44-50-56-68(5)6)92-75(80)59-53-47-39-35-31-25-22-20-18-16-14-12-10-8-2/h67-71,76H,7-66H2,1-6H3,(H,81,82)(H,83,84)/t69-,70-,71-/m1/s1. The van der Waals surface area contributed by atoms with E-state index in [4.69, 9.17) is 37.0 Å². The second-order valence-corrected chi connectivity index (χ2v) is 30.9. The average Bonchev–Trinajstić information content (AvgIpc) is 1.38. The predicted molar refractivity (Wildman–Crippen MR) is 381 cm³/mol. The Morgan fingerprint density at radius 1 is 0.287 bits per heavy atom. The van der Waals surface area contributed by atoms with Crippen LogP contribution in [-0.2, 0) is 65.4 Å². The van der Waals surface area contributed by atoms with Crippen molar-refractivity contribution in [3.8, 4) is 0 Å². The Balaban J connectivity index is 5.24. The Morgan fingerprint density at radius 2 is 0.489 bits per heavy atom. The summed E-state index contributed by atoms with van der Waals surface area (Å²) in [7, 11) is -9.91. The number of esters is 4. The second-order valence-electron chi connectivity index (χ2n) is 28.0. The Morgan fingerprint density at radius 3 is 0.723 bits per heavy atom. The third kappa shape index (κ3) is 68.6. The van der Waals surface area contributed by atoms with Crippen molar-refractivity contribution in [1.29, 1.82) is 0 Å². The van der Waals surface area contributed by atoms with E-state index in [1.54, 1.807) is 0 Å². The highest BCUT2D eigenvalue weighted by Gasteiger charge is 2.30. The third-order valence-electron chi connectivity index (χ3n) is 17.5. The Hall–Kier alpha value is -1.94. The molecule has 0 spiro atoms. The van der Waals surface area contributed by atoms with E-state index in [0.717, 1.165) is 102 Å². The first-order chi connectivity index (χ1) is 45.4. The Labute approximate surface area is 575 Å². The minimum atomic E-state index is -4.96. The topological polar surface area (TPSA) is 237 Å². The van der Waals surface area contributed by atoms with Crippen molar-refractivity contribution in [3.05, 3.63) is 0 Å². The summed E-state index contributed by atoms with van der Waals surface area (Å²) >= 11 is 0. The summed E-state index contributed by atoms with van der Waals surface area (Å²) in [5.74, 6) is -0.655. The van der Waals surface area contributed by atoms with E-state index in [2.05, 4.69) is 41.5 Å². The molecule has 0 fully saturated rings. The summed E-state index contributed by atoms with van der Waals surface area (Å²) in [6.07, 6.45) is 54.1. The summed E-state index contributed by atoms with van der Waals surface area (Å²) in [4.78, 5) is 72.7. The molecule has 0 saturated carbocycles. The fourth-order valence-corrected chi connectivity index (χ4v) is 13.1. The molecule has 17 nitrogen and oxygen atoms in total. The molecule has 0 amide bonds. The molecule has 0 saturated heterocycles. The van der Waals surface area contributed by atoms with Gasteiger partial charge in [0.15, 0.2) is 12.2 Å². The Kier molecular flexibility index (Phi) is 65.5. The van der Waals surface area contributed by atoms with Crippen LogP contribution in [0, 0.1) is 11.8 Å². The van der Waals surface area contributed by atoms with Crippen LogP contribution in [0.4, 0.5) is 0 Å². The normalized spacial score (nSPS) is 14.0. The highest BCUT2D eigenvalue weighted by Crippen LogP contribution is 2.45. The predicted octanol–water partition coefficient (Wildman–Crippen LogP) is 21.9. The molecule has 0 aromatic rings. The van der Waals surface area contributed by atoms with Gasteiger partial charge in [-0.3, -0.25) is 37.3 Å². The molecule has 0 bridgehead atoms. The van der Waals surface area contributed by atoms with E-state index in [-0.39, 0.29) is 25.7 Å². The van der Waals surface area contributed by atoms with Crippen molar-refractivity contribution >= 4 is 39.5 Å². The van der Waals surface area contributed by atoms with Crippen molar-refractivity contribution in [1.82, 2.24) is 0 Å². The van der Waals surface area contributed by atoms with Gasteiger partial charge in [-0.1, -0.05) is 337 Å². The molecular formula is C75H146O17P2. The molecule has 0 aliphatic rings. The van der Waals surface area contributed by atoms with E-state index in [1.165, 1.54) is 199 Å². The highest BCUT2D eigenvalue weighted by atomic mass is 31.2. The van der Waals surface area contributed by atoms with Crippen molar-refractivity contribution in [2.45, 2.75) is 407 Å². The average molecular weight is 1380 g/mol. The van der Waals surface area contributed by atoms with Gasteiger partial charge in [0.05, 0.1) is 26.4 Å². The maximum absolute atomic E-state index is 13.1. The number of ether oxygens (including phenoxy) is 4. The number of carbonyl (C=O) groups is 4. The molecule has 19 heteroatoms. The number of phosphoric acid groups is 2. The molecule has 94 heavy (non-hydrogen) atoms. The van der Waals surface area contributed by atoms with Crippen molar-refractivity contribution < 1.29 is 80.2 Å². The molecular weight excluding hydrogens is 1230 g/mol. The van der Waals surface area contributed by atoms with Gasteiger partial charge in [-0.2, -0.15) is 0 Å². The number of rotatable bonds is 74. The zero-order chi connectivity index (χ0) is 69.3. The summed E-state index contributed by atoms with van der Waals surface area (Å²) in [5.41, 5.74) is 0. The van der Waals surface area contributed by atoms with Gasteiger partial charge in [0.1, 0.15) is 19.3 Å². The van der Waals surface area contributed by atoms with Crippen molar-refractivity contribution in [2.24, 2.45) is 11.8 Å². The van der Waals surface area contributed by atoms with Crippen LogP contribution in [0.2, 0.25) is 0 Å². The van der Waals surface area contributed by atoms with Crippen molar-refractivity contribution in [2.75, 3.05) is 39.6 Å². The molecule has 0 rings (SSSR count). The lowest BCUT2D eigenvalue weighted by atomic mass is 10.0. The lowest BCUT2D eigenvalue weighted by Gasteiger charge is -2.21. The zero-order valence-electron chi connectivity index (χ0n) is 61.3. The van der Waals surface area contributed by atoms with Crippen LogP contribution in [0.25, 0.3) is 0 Å². The molecule has 0 radical (unpaired) electrons. The van der Waals surface area contributed by atoms with Crippen LogP contribution in [-0.4, -0.2) is 96.7 Å². The van der Waals surface area contributed by atoms with E-state index >= 15 is 0 Å². The van der Waals surface area contributed by atoms with Crippen LogP contribution < -0.4 is 0 Å². The SMILES string of the molecule is CCCCCCCCCCCCCCCCCCC(=O)O[C@H](COC(=O)CCCCCCCCCCCCCCC(C)C)COP(=O)(O)OC[C@@H](O)COP(=O)(O)OC[C@@H](COC(=O)CCCCCCCCC(C)C)OC(=O)CCCCCCCCCCCCCCCC. The monoisotopic (exact) mass is 1380 g/mol. The molecule has 0 heterocycles. The maximum atomic E-state index is 13.1. The van der Waals surface area contributed by atoms with Crippen LogP contribution in [0.1, 0.15) is 388 Å². The molecule has 5 atom stereocenters. The molecule has 2 unspecified atom stereocenters. The number of carbonyl (C=O) groups excluding carboxylic acids is 4. The molecule has 0 aromatic heterocycles. The van der Waals surface area contributed by atoms with Gasteiger partial charge in [-0.05, 0) is 37.5 Å². The van der Waals surface area contributed by atoms with Gasteiger partial charge >= 0.3 is 39.5 Å². The van der Waals surface area contributed by atoms with Crippen LogP contribution in [0.15, 0.2) is 0 Å². The lowest BCUT2D eigenvalue weighted by Crippen LogP contribution is -2.30. The number of hydrogen-bond donors (Lipinski definition) is 3. The van der Waals surface area contributed by atoms with Gasteiger partial charge in [-0.25, -0.2) is 9.13 Å². The minimum absolute atomic E-state index is 0.107. The smallest absolute Gasteiger partial charge is 0.462 e. The fourth-order valence-electron chi connectivity index (χ4n) is 11.5. The number of aliphatic hydroxyl groups is 1. The third-order valence-corrected chi connectivity index (χ3v) is 19.4. The van der Waals surface area contributed by atoms with Crippen LogP contribution in [0.3, 0.4) is 0 Å². The Bertz CT molecular complexity index is 1820. The van der Waals surface area contributed by atoms with Gasteiger partial charge in [0.25, 0.3) is 0 Å². The molecule has 0 aliphatic carbocycles. The fraction of sp³-hybridized carbons (Fsp3) is 0.947. The zero-order valence-corrected chi connectivity index (χ0v) is 63.1. The van der Waals surface area contributed by atoms with Crippen LogP contribution in [0.5, 0.6) is 0 Å². The molecule has 0 aliphatic heterocycles. The first-order valence-electron chi connectivity index (χ1n) is 39.0. The van der Waals surface area contributed by atoms with Gasteiger partial charge in [-0.15, -0.1) is 0 Å². The second kappa shape index (κ2) is 66.9. The van der Waals surface area contributed by atoms with E-state index in [0.29, 0.717) is 31.6 Å². The number of aliphatic hydroxyl groups excluding tert-OH is 1. The number of phosphoric ester groups is 2. The number of hydrogen-bond acceptors (Lipinski definition) is 15.